The van der Waals surface area contributed by atoms with Crippen LogP contribution in [0.3, 0.4) is 0 Å². The Morgan fingerprint density at radius 2 is 1.07 bits per heavy atom. The van der Waals surface area contributed by atoms with E-state index in [2.05, 4.69) is 46.0 Å². The van der Waals surface area contributed by atoms with Crippen LogP contribution in [0.15, 0.2) is 151 Å². The maximum absolute atomic E-state index is 14.0. The van der Waals surface area contributed by atoms with Crippen molar-refractivity contribution in [2.75, 3.05) is 57.7 Å². The standard InChI is InChI=1S/C36H39N7O4.C34H37N7O4/c1-24-19-25(20-28-22-38-40-33(24)28)21-32(34(44)41-15-10-27(11-16-41)30-9-5-6-14-37-30)47-36(46)42-17-12-29(13-18-42)43-23-31(39-35(43)45)26-7-3-2-4-8-26;1-22-18-23(19-25-21-36-39-30(22)25)20-29(31(42)40-14-9-24(10-15-40)27-7-4-5-13-35-27)45-33(44)41-16-11-34(12-17-41)26-6-2-3-8-28(26)37-32(43)38-34/h2-9,14,19-20,22-23,27,29,32H,10-13,15-18,21H2,1H3,(H,38,40)(H,39,45);2-8,13,18-19,21,24,29H,9-12,14-17,20H2,1H3,(H,36,39)(H2,37,38,43). The number of anilines is 1. The van der Waals surface area contributed by atoms with E-state index >= 15 is 0 Å². The van der Waals surface area contributed by atoms with Gasteiger partial charge in [0.2, 0.25) is 0 Å². The predicted octanol–water partition coefficient (Wildman–Crippen LogP) is 10.1. The van der Waals surface area contributed by atoms with Crippen LogP contribution in [-0.2, 0) is 37.4 Å². The van der Waals surface area contributed by atoms with Gasteiger partial charge in [0.1, 0.15) is 0 Å². The van der Waals surface area contributed by atoms with Crippen molar-refractivity contribution >= 4 is 57.5 Å². The zero-order valence-corrected chi connectivity index (χ0v) is 51.8. The van der Waals surface area contributed by atoms with E-state index < -0.39 is 29.9 Å². The number of imidazole rings is 1. The number of aromatic amines is 3. The molecule has 6 amide bonds. The average molecular weight is 1240 g/mol. The maximum atomic E-state index is 14.0. The van der Waals surface area contributed by atoms with Gasteiger partial charge in [0.25, 0.3) is 11.8 Å². The van der Waals surface area contributed by atoms with Crippen LogP contribution in [0.4, 0.5) is 20.1 Å². The molecule has 14 rings (SSSR count). The predicted molar refractivity (Wildman–Crippen MR) is 347 cm³/mol. The topological polar surface area (TPSA) is 262 Å². The summed E-state index contributed by atoms with van der Waals surface area (Å²) in [6.07, 6.45) is 12.1. The Hall–Kier alpha value is -10.1. The lowest BCUT2D eigenvalue weighted by molar-refractivity contribution is -0.142. The number of aryl methyl sites for hydroxylation is 2. The second-order valence-electron chi connectivity index (χ2n) is 25.0. The van der Waals surface area contributed by atoms with Crippen LogP contribution in [0, 0.1) is 13.8 Å². The van der Waals surface area contributed by atoms with Gasteiger partial charge in [-0.15, -0.1) is 0 Å². The highest BCUT2D eigenvalue weighted by Gasteiger charge is 2.44. The summed E-state index contributed by atoms with van der Waals surface area (Å²) in [7, 11) is 0. The van der Waals surface area contributed by atoms with Gasteiger partial charge in [-0.05, 0) is 135 Å². The minimum absolute atomic E-state index is 0.0391. The minimum atomic E-state index is -0.970. The summed E-state index contributed by atoms with van der Waals surface area (Å²) >= 11 is 0. The number of nitrogens with one attached hydrogen (secondary N) is 5. The largest absolute Gasteiger partial charge is 0.436 e. The quantitative estimate of drug-likeness (QED) is 0.0765. The average Bonchev–Trinajstić information content (AvgIpc) is 1.02. The molecule has 5 N–H and O–H groups in total. The molecule has 10 heterocycles. The van der Waals surface area contributed by atoms with Gasteiger partial charge in [-0.1, -0.05) is 72.8 Å². The summed E-state index contributed by atoms with van der Waals surface area (Å²) in [5, 5.41) is 22.2. The number of ether oxygens (including phenoxy) is 2. The molecule has 2 atom stereocenters. The molecule has 22 heteroatoms. The summed E-state index contributed by atoms with van der Waals surface area (Å²) in [5.74, 6) is 0.236. The van der Waals surface area contributed by atoms with Crippen molar-refractivity contribution in [1.82, 2.24) is 64.8 Å². The fourth-order valence-electron chi connectivity index (χ4n) is 14.2. The van der Waals surface area contributed by atoms with E-state index in [4.69, 9.17) is 9.47 Å². The maximum Gasteiger partial charge on any atom is 0.410 e. The zero-order chi connectivity index (χ0) is 63.3. The first-order chi connectivity index (χ1) is 44.8. The Kier molecular flexibility index (Phi) is 17.7. The Morgan fingerprint density at radius 1 is 0.576 bits per heavy atom. The molecule has 1 spiro atoms. The molecule has 9 aromatic rings. The van der Waals surface area contributed by atoms with Crippen molar-refractivity contribution in [3.05, 3.63) is 196 Å². The molecule has 0 saturated carbocycles. The van der Waals surface area contributed by atoms with Crippen molar-refractivity contribution in [2.24, 2.45) is 0 Å². The molecule has 5 aliphatic heterocycles. The molecule has 474 valence electrons. The molecule has 2 unspecified atom stereocenters. The molecule has 5 aliphatic rings. The molecule has 92 heavy (non-hydrogen) atoms. The number of piperidine rings is 4. The normalized spacial score (nSPS) is 17.7. The van der Waals surface area contributed by atoms with Gasteiger partial charge in [-0.3, -0.25) is 34.3 Å². The number of para-hydroxylation sites is 1. The third-order valence-corrected chi connectivity index (χ3v) is 19.2. The van der Waals surface area contributed by atoms with Gasteiger partial charge in [-0.2, -0.15) is 10.2 Å². The van der Waals surface area contributed by atoms with Crippen LogP contribution in [0.5, 0.6) is 0 Å². The van der Waals surface area contributed by atoms with Crippen molar-refractivity contribution < 1.29 is 33.4 Å². The van der Waals surface area contributed by atoms with E-state index in [9.17, 15) is 28.8 Å². The number of hydrogen-bond acceptors (Lipinski definition) is 12. The molecule has 4 saturated heterocycles. The van der Waals surface area contributed by atoms with E-state index in [1.165, 1.54) is 0 Å². The van der Waals surface area contributed by atoms with Gasteiger partial charge < -0.3 is 44.7 Å². The number of carbonyl (C=O) groups is 5. The van der Waals surface area contributed by atoms with Crippen LogP contribution in [0.2, 0.25) is 0 Å². The second kappa shape index (κ2) is 26.8. The van der Waals surface area contributed by atoms with Crippen molar-refractivity contribution in [2.45, 2.75) is 114 Å². The Morgan fingerprint density at radius 3 is 1.59 bits per heavy atom. The molecule has 0 bridgehead atoms. The number of aromatic nitrogens is 8. The number of pyridine rings is 2. The van der Waals surface area contributed by atoms with Crippen molar-refractivity contribution in [1.29, 1.82) is 0 Å². The molecule has 4 fully saturated rings. The van der Waals surface area contributed by atoms with Crippen LogP contribution in [0.1, 0.15) is 108 Å². The van der Waals surface area contributed by atoms with E-state index in [-0.39, 0.29) is 42.4 Å². The second-order valence-corrected chi connectivity index (χ2v) is 25.0. The highest BCUT2D eigenvalue weighted by atomic mass is 16.6. The fraction of sp³-hybridized carbons (Fsp3) is 0.371. The number of benzene rings is 4. The Bertz CT molecular complexity index is 4160. The molecule has 0 aliphatic carbocycles. The van der Waals surface area contributed by atoms with Crippen molar-refractivity contribution in [3.8, 4) is 11.3 Å². The van der Waals surface area contributed by atoms with Gasteiger partial charge in [-0.25, -0.2) is 19.2 Å². The summed E-state index contributed by atoms with van der Waals surface area (Å²) in [5.41, 5.74) is 10.6. The fourth-order valence-corrected chi connectivity index (χ4v) is 14.2. The lowest BCUT2D eigenvalue weighted by atomic mass is 9.79. The van der Waals surface area contributed by atoms with Crippen LogP contribution >= 0.6 is 0 Å². The minimum Gasteiger partial charge on any atom is -0.436 e. The lowest BCUT2D eigenvalue weighted by Crippen LogP contribution is -2.58. The third-order valence-electron chi connectivity index (χ3n) is 19.2. The number of hydrogen-bond donors (Lipinski definition) is 5. The summed E-state index contributed by atoms with van der Waals surface area (Å²) in [6, 6.07) is 37.1. The molecule has 22 nitrogen and oxygen atoms in total. The Balaban J connectivity index is 0.000000168. The van der Waals surface area contributed by atoms with E-state index in [0.29, 0.717) is 89.9 Å². The smallest absolute Gasteiger partial charge is 0.410 e. The first-order valence-electron chi connectivity index (χ1n) is 32.0. The van der Waals surface area contributed by atoms with E-state index in [0.717, 1.165) is 104 Å². The SMILES string of the molecule is Cc1cc(CC(OC(=O)N2CCC(n3cc(-c4ccccc4)[nH]c3=O)CC2)C(=O)N2CCC(c3ccccn3)CC2)cc2cn[nH]c12.Cc1cc(CC(OC(=O)N2CCC3(CC2)NC(=O)Nc2ccccc23)C(=O)N2CCC(c3ccccn3)CC2)cc2cn[nH]c12. The number of rotatable bonds is 12. The van der Waals surface area contributed by atoms with Gasteiger partial charge >= 0.3 is 23.9 Å². The molecule has 4 aromatic carbocycles. The van der Waals surface area contributed by atoms with Gasteiger partial charge in [0, 0.05) is 135 Å². The highest BCUT2D eigenvalue weighted by molar-refractivity contribution is 5.94. The van der Waals surface area contributed by atoms with E-state index in [1.807, 2.05) is 151 Å². The summed E-state index contributed by atoms with van der Waals surface area (Å²) < 4.78 is 13.9. The first kappa shape index (κ1) is 60.8. The third kappa shape index (κ3) is 13.2. The molecular weight excluding hydrogens is 1160 g/mol. The number of amides is 6. The summed E-state index contributed by atoms with van der Waals surface area (Å²) in [4.78, 5) is 99.5. The Labute approximate surface area is 532 Å². The first-order valence-corrected chi connectivity index (χ1v) is 32.0. The number of urea groups is 1. The molecule has 5 aromatic heterocycles. The monoisotopic (exact) mass is 1240 g/mol. The number of carbonyl (C=O) groups excluding carboxylic acids is 5. The number of likely N-dealkylation sites (tertiary alicyclic amines) is 4. The lowest BCUT2D eigenvalue weighted by Gasteiger charge is -2.45. The van der Waals surface area contributed by atoms with Gasteiger partial charge in [0.05, 0.1) is 34.7 Å². The number of fused-ring (bicyclic) bond motifs is 4. The van der Waals surface area contributed by atoms with Crippen molar-refractivity contribution in [3.63, 3.8) is 0 Å². The van der Waals surface area contributed by atoms with Crippen LogP contribution in [-0.4, -0.2) is 154 Å². The van der Waals surface area contributed by atoms with Crippen LogP contribution < -0.4 is 16.3 Å². The number of nitrogens with zero attached hydrogens (tertiary/aromatic N) is 9. The number of H-pyrrole nitrogens is 3. The van der Waals surface area contributed by atoms with E-state index in [1.54, 1.807) is 33.0 Å². The molecular formula is C70H76N14O8. The molecule has 0 radical (unpaired) electrons. The zero-order valence-electron chi connectivity index (χ0n) is 51.8. The van der Waals surface area contributed by atoms with Gasteiger partial charge in [0.15, 0.2) is 12.2 Å². The van der Waals surface area contributed by atoms with Crippen LogP contribution in [0.25, 0.3) is 33.1 Å². The summed E-state index contributed by atoms with van der Waals surface area (Å²) in [6.45, 7) is 7.95. The highest BCUT2D eigenvalue weighted by Crippen LogP contribution is 2.40.